The summed E-state index contributed by atoms with van der Waals surface area (Å²) in [6.45, 7) is 6.61. The second-order valence-electron chi connectivity index (χ2n) is 4.37. The number of Topliss-reactive ketones (excluding diaryl/α,β-unsaturated/α-hetero) is 1. The van der Waals surface area contributed by atoms with Crippen LogP contribution in [0, 0.1) is 0 Å². The molecule has 0 saturated carbocycles. The number of benzene rings is 1. The van der Waals surface area contributed by atoms with Crippen molar-refractivity contribution in [2.24, 2.45) is 0 Å². The molecule has 0 N–H and O–H groups in total. The van der Waals surface area contributed by atoms with Gasteiger partial charge in [0.25, 0.3) is 0 Å². The molecule has 0 unspecified atom stereocenters. The van der Waals surface area contributed by atoms with Crippen molar-refractivity contribution in [2.75, 3.05) is 5.33 Å². The van der Waals surface area contributed by atoms with E-state index in [1.807, 2.05) is 12.1 Å². The zero-order valence-electron chi connectivity index (χ0n) is 9.51. The van der Waals surface area contributed by atoms with Crippen LogP contribution in [-0.2, 0) is 5.41 Å². The molecule has 0 amide bonds. The Morgan fingerprint density at radius 3 is 2.20 bits per heavy atom. The molecular formula is C13H17BrO. The van der Waals surface area contributed by atoms with E-state index in [-0.39, 0.29) is 11.2 Å². The summed E-state index contributed by atoms with van der Waals surface area (Å²) < 4.78 is 0. The lowest BCUT2D eigenvalue weighted by atomic mass is 9.82. The monoisotopic (exact) mass is 268 g/mol. The highest BCUT2D eigenvalue weighted by Gasteiger charge is 2.17. The molecular weight excluding hydrogens is 252 g/mol. The van der Waals surface area contributed by atoms with E-state index in [0.29, 0.717) is 5.33 Å². The predicted octanol–water partition coefficient (Wildman–Crippen LogP) is 3.95. The molecule has 0 radical (unpaired) electrons. The maximum Gasteiger partial charge on any atom is 0.173 e. The summed E-state index contributed by atoms with van der Waals surface area (Å²) in [6, 6.07) is 7.94. The Balaban J connectivity index is 2.95. The number of ketones is 1. The summed E-state index contributed by atoms with van der Waals surface area (Å²) in [5.41, 5.74) is 2.26. The molecule has 1 nitrogen and oxygen atoms in total. The minimum atomic E-state index is 0.135. The van der Waals surface area contributed by atoms with Crippen molar-refractivity contribution >= 4 is 21.7 Å². The second kappa shape index (κ2) is 4.93. The maximum absolute atomic E-state index is 11.4. The van der Waals surface area contributed by atoms with E-state index in [1.165, 1.54) is 5.56 Å². The first kappa shape index (κ1) is 12.4. The molecule has 0 atom stereocenters. The SMILES string of the molecule is CCC(C)(C)c1ccc(C(=O)CBr)cc1. The fraction of sp³-hybridized carbons (Fsp3) is 0.462. The number of carbonyl (C=O) groups excluding carboxylic acids is 1. The zero-order chi connectivity index (χ0) is 11.5. The molecule has 82 valence electrons. The Morgan fingerprint density at radius 2 is 1.80 bits per heavy atom. The lowest BCUT2D eigenvalue weighted by molar-refractivity contribution is 0.102. The van der Waals surface area contributed by atoms with Crippen LogP contribution in [0.5, 0.6) is 0 Å². The summed E-state index contributed by atoms with van der Waals surface area (Å²) in [6.07, 6.45) is 1.10. The largest absolute Gasteiger partial charge is 0.293 e. The Bertz CT molecular complexity index is 338. The molecule has 0 aromatic heterocycles. The standard InChI is InChI=1S/C13H17BrO/c1-4-13(2,3)11-7-5-10(6-8-11)12(15)9-14/h5-8H,4,9H2,1-3H3. The van der Waals surface area contributed by atoms with Crippen molar-refractivity contribution in [3.05, 3.63) is 35.4 Å². The molecule has 15 heavy (non-hydrogen) atoms. The van der Waals surface area contributed by atoms with Gasteiger partial charge in [-0.05, 0) is 17.4 Å². The molecule has 0 fully saturated rings. The van der Waals surface area contributed by atoms with Gasteiger partial charge in [0.05, 0.1) is 5.33 Å². The molecule has 0 aliphatic heterocycles. The number of hydrogen-bond acceptors (Lipinski definition) is 1. The van der Waals surface area contributed by atoms with Gasteiger partial charge >= 0.3 is 0 Å². The second-order valence-corrected chi connectivity index (χ2v) is 4.93. The Labute approximate surface area is 100 Å². The highest BCUT2D eigenvalue weighted by Crippen LogP contribution is 2.26. The van der Waals surface area contributed by atoms with Crippen molar-refractivity contribution < 1.29 is 4.79 Å². The van der Waals surface area contributed by atoms with Gasteiger partial charge in [0.15, 0.2) is 5.78 Å². The topological polar surface area (TPSA) is 17.1 Å². The van der Waals surface area contributed by atoms with E-state index in [1.54, 1.807) is 0 Å². The lowest BCUT2D eigenvalue weighted by Crippen LogP contribution is -2.15. The van der Waals surface area contributed by atoms with E-state index >= 15 is 0 Å². The van der Waals surface area contributed by atoms with Gasteiger partial charge in [0.1, 0.15) is 0 Å². The Morgan fingerprint density at radius 1 is 1.27 bits per heavy atom. The molecule has 2 heteroatoms. The lowest BCUT2D eigenvalue weighted by Gasteiger charge is -2.23. The highest BCUT2D eigenvalue weighted by atomic mass is 79.9. The Hall–Kier alpha value is -0.630. The van der Waals surface area contributed by atoms with Gasteiger partial charge in [0, 0.05) is 5.56 Å². The minimum absolute atomic E-state index is 0.135. The van der Waals surface area contributed by atoms with Crippen LogP contribution in [0.2, 0.25) is 0 Å². The van der Waals surface area contributed by atoms with Crippen LogP contribution >= 0.6 is 15.9 Å². The molecule has 1 rings (SSSR count). The first-order chi connectivity index (χ1) is 7.01. The predicted molar refractivity (Wildman–Crippen MR) is 67.9 cm³/mol. The first-order valence-corrected chi connectivity index (χ1v) is 6.33. The van der Waals surface area contributed by atoms with Gasteiger partial charge in [-0.15, -0.1) is 0 Å². The van der Waals surface area contributed by atoms with Gasteiger partial charge in [0.2, 0.25) is 0 Å². The average Bonchev–Trinajstić information content (AvgIpc) is 2.28. The van der Waals surface area contributed by atoms with Crippen molar-refractivity contribution in [2.45, 2.75) is 32.6 Å². The summed E-state index contributed by atoms with van der Waals surface area (Å²) in [5.74, 6) is 0.135. The van der Waals surface area contributed by atoms with Crippen LogP contribution in [0.15, 0.2) is 24.3 Å². The van der Waals surface area contributed by atoms with Gasteiger partial charge in [-0.25, -0.2) is 0 Å². The third kappa shape index (κ3) is 2.91. The quantitative estimate of drug-likeness (QED) is 0.597. The smallest absolute Gasteiger partial charge is 0.173 e. The van der Waals surface area contributed by atoms with E-state index in [0.717, 1.165) is 12.0 Å². The van der Waals surface area contributed by atoms with Crippen molar-refractivity contribution in [1.29, 1.82) is 0 Å². The van der Waals surface area contributed by atoms with Crippen molar-refractivity contribution in [1.82, 2.24) is 0 Å². The number of rotatable bonds is 4. The number of hydrogen-bond donors (Lipinski definition) is 0. The van der Waals surface area contributed by atoms with E-state index in [4.69, 9.17) is 0 Å². The third-order valence-corrected chi connectivity index (χ3v) is 3.50. The molecule has 0 aliphatic rings. The fourth-order valence-corrected chi connectivity index (χ4v) is 1.71. The van der Waals surface area contributed by atoms with Crippen LogP contribution in [0.1, 0.15) is 43.1 Å². The van der Waals surface area contributed by atoms with Crippen LogP contribution in [0.4, 0.5) is 0 Å². The molecule has 1 aromatic rings. The van der Waals surface area contributed by atoms with E-state index < -0.39 is 0 Å². The van der Waals surface area contributed by atoms with Crippen molar-refractivity contribution in [3.63, 3.8) is 0 Å². The minimum Gasteiger partial charge on any atom is -0.293 e. The van der Waals surface area contributed by atoms with Crippen molar-refractivity contribution in [3.8, 4) is 0 Å². The normalized spacial score (nSPS) is 11.5. The van der Waals surface area contributed by atoms with E-state index in [2.05, 4.69) is 48.8 Å². The molecule has 0 bridgehead atoms. The fourth-order valence-electron chi connectivity index (χ4n) is 1.39. The van der Waals surface area contributed by atoms with E-state index in [9.17, 15) is 4.79 Å². The van der Waals surface area contributed by atoms with Crippen LogP contribution in [-0.4, -0.2) is 11.1 Å². The maximum atomic E-state index is 11.4. The molecule has 1 aromatic carbocycles. The average molecular weight is 269 g/mol. The van der Waals surface area contributed by atoms with Gasteiger partial charge in [-0.3, -0.25) is 4.79 Å². The number of carbonyl (C=O) groups is 1. The summed E-state index contributed by atoms with van der Waals surface area (Å²) in [5, 5.41) is 0.392. The van der Waals surface area contributed by atoms with Crippen LogP contribution < -0.4 is 0 Å². The Kier molecular flexibility index (Phi) is 4.09. The van der Waals surface area contributed by atoms with Gasteiger partial charge in [-0.2, -0.15) is 0 Å². The van der Waals surface area contributed by atoms with Gasteiger partial charge < -0.3 is 0 Å². The number of halogens is 1. The highest BCUT2D eigenvalue weighted by molar-refractivity contribution is 9.09. The number of alkyl halides is 1. The summed E-state index contributed by atoms with van der Waals surface area (Å²) in [7, 11) is 0. The third-order valence-electron chi connectivity index (χ3n) is 2.99. The molecule has 0 saturated heterocycles. The van der Waals surface area contributed by atoms with Gasteiger partial charge in [-0.1, -0.05) is 61.0 Å². The first-order valence-electron chi connectivity index (χ1n) is 5.21. The zero-order valence-corrected chi connectivity index (χ0v) is 11.1. The van der Waals surface area contributed by atoms with Crippen LogP contribution in [0.3, 0.4) is 0 Å². The summed E-state index contributed by atoms with van der Waals surface area (Å²) >= 11 is 3.17. The summed E-state index contributed by atoms with van der Waals surface area (Å²) in [4.78, 5) is 11.4. The van der Waals surface area contributed by atoms with Crippen LogP contribution in [0.25, 0.3) is 0 Å². The molecule has 0 spiro atoms. The molecule has 0 heterocycles. The molecule has 0 aliphatic carbocycles.